The van der Waals surface area contributed by atoms with Crippen LogP contribution in [0.4, 0.5) is 0 Å². The largest absolute Gasteiger partial charge is 0.459 e. The number of amides is 1. The maximum absolute atomic E-state index is 13.4. The maximum atomic E-state index is 13.4. The Labute approximate surface area is 193 Å². The molecule has 4 aromatic rings. The fourth-order valence-electron chi connectivity index (χ4n) is 4.12. The smallest absolute Gasteiger partial charge is 0.289 e. The van der Waals surface area contributed by atoms with Gasteiger partial charge in [0.15, 0.2) is 5.76 Å². The fraction of sp³-hybridized carbons (Fsp3) is 0.250. The maximum Gasteiger partial charge on any atom is 0.289 e. The summed E-state index contributed by atoms with van der Waals surface area (Å²) >= 11 is 1.44. The van der Waals surface area contributed by atoms with Crippen molar-refractivity contribution in [1.29, 1.82) is 5.26 Å². The van der Waals surface area contributed by atoms with E-state index in [1.165, 1.54) is 22.2 Å². The molecule has 9 heteroatoms. The second-order valence-corrected chi connectivity index (χ2v) is 8.68. The highest BCUT2D eigenvalue weighted by Crippen LogP contribution is 2.31. The highest BCUT2D eigenvalue weighted by molar-refractivity contribution is 7.17. The van der Waals surface area contributed by atoms with Crippen molar-refractivity contribution < 1.29 is 9.21 Å². The Balaban J connectivity index is 1.40. The molecule has 1 aliphatic heterocycles. The van der Waals surface area contributed by atoms with Crippen molar-refractivity contribution in [3.8, 4) is 17.2 Å². The number of thiophene rings is 1. The van der Waals surface area contributed by atoms with Crippen molar-refractivity contribution in [2.24, 2.45) is 0 Å². The predicted molar refractivity (Wildman–Crippen MR) is 125 cm³/mol. The van der Waals surface area contributed by atoms with Crippen LogP contribution in [-0.4, -0.2) is 51.4 Å². The molecule has 4 heterocycles. The van der Waals surface area contributed by atoms with Crippen molar-refractivity contribution in [2.45, 2.75) is 13.1 Å². The van der Waals surface area contributed by atoms with E-state index in [9.17, 15) is 14.9 Å². The molecule has 0 radical (unpaired) electrons. The van der Waals surface area contributed by atoms with Crippen LogP contribution < -0.4 is 5.56 Å². The Hall–Kier alpha value is -3.74. The zero-order chi connectivity index (χ0) is 22.8. The van der Waals surface area contributed by atoms with E-state index < -0.39 is 0 Å². The summed E-state index contributed by atoms with van der Waals surface area (Å²) in [5, 5.41) is 11.9. The van der Waals surface area contributed by atoms with E-state index in [-0.39, 0.29) is 18.0 Å². The summed E-state index contributed by atoms with van der Waals surface area (Å²) in [4.78, 5) is 35.3. The van der Waals surface area contributed by atoms with Gasteiger partial charge >= 0.3 is 0 Å². The van der Waals surface area contributed by atoms with Gasteiger partial charge in [-0.05, 0) is 17.7 Å². The van der Waals surface area contributed by atoms with Crippen LogP contribution in [0.3, 0.4) is 0 Å². The first-order valence-electron chi connectivity index (χ1n) is 10.6. The van der Waals surface area contributed by atoms with Gasteiger partial charge in [0.1, 0.15) is 17.2 Å². The summed E-state index contributed by atoms with van der Waals surface area (Å²) < 4.78 is 6.69. The highest BCUT2D eigenvalue weighted by Gasteiger charge is 2.25. The fourth-order valence-corrected chi connectivity index (χ4v) is 5.07. The SMILES string of the molecule is N#CCn1c(CN2CCN(C(=O)c3ccco3)CC2)nc2scc(-c3ccccc3)c2c1=O. The number of hydrogen-bond acceptors (Lipinski definition) is 7. The minimum absolute atomic E-state index is 0.0574. The molecule has 3 aromatic heterocycles. The summed E-state index contributed by atoms with van der Waals surface area (Å²) in [6.45, 7) is 2.79. The minimum atomic E-state index is -0.191. The van der Waals surface area contributed by atoms with E-state index in [1.807, 2.05) is 35.7 Å². The van der Waals surface area contributed by atoms with Crippen molar-refractivity contribution in [2.75, 3.05) is 26.2 Å². The number of nitriles is 1. The number of carbonyl (C=O) groups is 1. The first-order valence-corrected chi connectivity index (χ1v) is 11.5. The van der Waals surface area contributed by atoms with Crippen molar-refractivity contribution in [1.82, 2.24) is 19.4 Å². The standard InChI is InChI=1S/C24H21N5O3S/c25-8-9-29-20(15-27-10-12-28(13-11-27)23(30)19-7-4-14-32-19)26-22-21(24(29)31)18(16-33-22)17-5-2-1-3-6-17/h1-7,14,16H,9-13,15H2. The lowest BCUT2D eigenvalue weighted by Crippen LogP contribution is -2.48. The molecule has 1 saturated heterocycles. The van der Waals surface area contributed by atoms with Gasteiger partial charge < -0.3 is 9.32 Å². The summed E-state index contributed by atoms with van der Waals surface area (Å²) in [7, 11) is 0. The first kappa shape index (κ1) is 21.1. The second-order valence-electron chi connectivity index (χ2n) is 7.82. The van der Waals surface area contributed by atoms with Crippen LogP contribution in [-0.2, 0) is 13.1 Å². The van der Waals surface area contributed by atoms with Crippen molar-refractivity contribution in [3.05, 3.63) is 76.0 Å². The van der Waals surface area contributed by atoms with E-state index >= 15 is 0 Å². The number of aromatic nitrogens is 2. The van der Waals surface area contributed by atoms with Gasteiger partial charge in [0, 0.05) is 37.1 Å². The molecule has 0 unspecified atom stereocenters. The first-order chi connectivity index (χ1) is 16.2. The van der Waals surface area contributed by atoms with Gasteiger partial charge in [-0.15, -0.1) is 11.3 Å². The molecule has 5 rings (SSSR count). The molecular weight excluding hydrogens is 438 g/mol. The van der Waals surface area contributed by atoms with Gasteiger partial charge in [-0.1, -0.05) is 30.3 Å². The van der Waals surface area contributed by atoms with Gasteiger partial charge in [0.2, 0.25) is 0 Å². The van der Waals surface area contributed by atoms with E-state index in [4.69, 9.17) is 9.40 Å². The lowest BCUT2D eigenvalue weighted by molar-refractivity contribution is 0.0593. The molecule has 0 atom stereocenters. The molecule has 1 fully saturated rings. The van der Waals surface area contributed by atoms with Crippen molar-refractivity contribution in [3.63, 3.8) is 0 Å². The third kappa shape index (κ3) is 4.06. The highest BCUT2D eigenvalue weighted by atomic mass is 32.1. The molecule has 1 aromatic carbocycles. The van der Waals surface area contributed by atoms with Gasteiger partial charge in [-0.2, -0.15) is 5.26 Å². The van der Waals surface area contributed by atoms with E-state index in [1.54, 1.807) is 17.0 Å². The predicted octanol–water partition coefficient (Wildman–Crippen LogP) is 3.20. The van der Waals surface area contributed by atoms with Crippen LogP contribution in [0.5, 0.6) is 0 Å². The minimum Gasteiger partial charge on any atom is -0.459 e. The Kier molecular flexibility index (Phi) is 5.77. The average Bonchev–Trinajstić information content (AvgIpc) is 3.53. The monoisotopic (exact) mass is 459 g/mol. The number of fused-ring (bicyclic) bond motifs is 1. The lowest BCUT2D eigenvalue weighted by atomic mass is 10.1. The molecule has 0 bridgehead atoms. The van der Waals surface area contributed by atoms with Crippen LogP contribution >= 0.6 is 11.3 Å². The molecular formula is C24H21N5O3S. The molecule has 0 aliphatic carbocycles. The molecule has 0 N–H and O–H groups in total. The number of nitrogens with zero attached hydrogens (tertiary/aromatic N) is 5. The third-order valence-corrected chi connectivity index (χ3v) is 6.72. The van der Waals surface area contributed by atoms with E-state index in [0.717, 1.165) is 11.1 Å². The Morgan fingerprint density at radius 3 is 2.61 bits per heavy atom. The Bertz CT molecular complexity index is 1380. The summed E-state index contributed by atoms with van der Waals surface area (Å²) in [6, 6.07) is 15.2. The summed E-state index contributed by atoms with van der Waals surface area (Å²) in [5.41, 5.74) is 1.61. The van der Waals surface area contributed by atoms with Gasteiger partial charge in [-0.3, -0.25) is 19.1 Å². The topological polar surface area (TPSA) is 95.4 Å². The van der Waals surface area contributed by atoms with Gasteiger partial charge in [0.25, 0.3) is 11.5 Å². The molecule has 166 valence electrons. The molecule has 0 spiro atoms. The zero-order valence-electron chi connectivity index (χ0n) is 17.8. The summed E-state index contributed by atoms with van der Waals surface area (Å²) in [5.74, 6) is 0.791. The number of carbonyl (C=O) groups excluding carboxylic acids is 1. The number of furan rings is 1. The second kappa shape index (κ2) is 9.02. The quantitative estimate of drug-likeness (QED) is 0.455. The van der Waals surface area contributed by atoms with Crippen molar-refractivity contribution >= 4 is 27.5 Å². The molecule has 33 heavy (non-hydrogen) atoms. The molecule has 1 aliphatic rings. The van der Waals surface area contributed by atoms with Crippen LogP contribution in [0.25, 0.3) is 21.3 Å². The lowest BCUT2D eigenvalue weighted by Gasteiger charge is -2.34. The molecule has 8 nitrogen and oxygen atoms in total. The zero-order valence-corrected chi connectivity index (χ0v) is 18.6. The Morgan fingerprint density at radius 2 is 1.91 bits per heavy atom. The molecule has 0 saturated carbocycles. The molecule has 1 amide bonds. The number of piperazine rings is 1. The normalized spacial score (nSPS) is 14.5. The van der Waals surface area contributed by atoms with Gasteiger partial charge in [-0.25, -0.2) is 4.98 Å². The van der Waals surface area contributed by atoms with E-state index in [0.29, 0.717) is 54.5 Å². The van der Waals surface area contributed by atoms with Crippen LogP contribution in [0.15, 0.2) is 63.3 Å². The third-order valence-electron chi connectivity index (χ3n) is 5.84. The van der Waals surface area contributed by atoms with Crippen LogP contribution in [0, 0.1) is 11.3 Å². The van der Waals surface area contributed by atoms with Crippen LogP contribution in [0.1, 0.15) is 16.4 Å². The number of hydrogen-bond donors (Lipinski definition) is 0. The average molecular weight is 460 g/mol. The number of benzene rings is 1. The van der Waals surface area contributed by atoms with Crippen LogP contribution in [0.2, 0.25) is 0 Å². The number of rotatable bonds is 5. The van der Waals surface area contributed by atoms with E-state index in [2.05, 4.69) is 11.0 Å². The summed E-state index contributed by atoms with van der Waals surface area (Å²) in [6.07, 6.45) is 1.49. The van der Waals surface area contributed by atoms with Gasteiger partial charge in [0.05, 0.1) is 24.3 Å². The Morgan fingerprint density at radius 1 is 1.12 bits per heavy atom.